The Morgan fingerprint density at radius 2 is 2.15 bits per heavy atom. The number of hydrogen-bond donors (Lipinski definition) is 0. The van der Waals surface area contributed by atoms with E-state index < -0.39 is 0 Å². The quantitative estimate of drug-likeness (QED) is 0.669. The molecule has 1 aliphatic heterocycles. The highest BCUT2D eigenvalue weighted by Gasteiger charge is 2.26. The van der Waals surface area contributed by atoms with Crippen LogP contribution in [0, 0.1) is 0 Å². The summed E-state index contributed by atoms with van der Waals surface area (Å²) in [7, 11) is 0. The van der Waals surface area contributed by atoms with Crippen LogP contribution in [0.4, 0.5) is 0 Å². The highest BCUT2D eigenvalue weighted by molar-refractivity contribution is 9.10. The summed E-state index contributed by atoms with van der Waals surface area (Å²) in [6, 6.07) is 6.50. The summed E-state index contributed by atoms with van der Waals surface area (Å²) in [6.07, 6.45) is 2.50. The average molecular weight is 257 g/mol. The fraction of sp³-hybridized carbons (Fsp3) is 0.455. The molecule has 0 aromatic heterocycles. The fourth-order valence-electron chi connectivity index (χ4n) is 1.63. The molecule has 0 saturated carbocycles. The highest BCUT2D eigenvalue weighted by atomic mass is 79.9. The number of aryl methyl sites for hydroxylation is 1. The molecule has 0 aliphatic carbocycles. The first-order valence-corrected chi connectivity index (χ1v) is 6.16. The molecule has 0 fully saturated rings. The maximum absolute atomic E-state index is 3.61. The van der Waals surface area contributed by atoms with Crippen LogP contribution < -0.4 is 0 Å². The zero-order valence-corrected chi connectivity index (χ0v) is 10.3. The zero-order valence-electron chi connectivity index (χ0n) is 7.93. The van der Waals surface area contributed by atoms with Crippen LogP contribution in [-0.2, 0) is 6.42 Å². The molecule has 70 valence electrons. The first-order chi connectivity index (χ1) is 6.08. The Hall–Kier alpha value is 0.0500. The topological polar surface area (TPSA) is 0 Å². The summed E-state index contributed by atoms with van der Waals surface area (Å²) in [5.41, 5.74) is 1.50. The lowest BCUT2D eigenvalue weighted by atomic mass is 10.0. The third-order valence-electron chi connectivity index (χ3n) is 2.42. The molecule has 0 nitrogen and oxygen atoms in total. The molecule has 13 heavy (non-hydrogen) atoms. The summed E-state index contributed by atoms with van der Waals surface area (Å²) < 4.78 is 1.65. The Labute approximate surface area is 92.2 Å². The van der Waals surface area contributed by atoms with E-state index in [0.717, 1.165) is 0 Å². The minimum atomic E-state index is 0.400. The van der Waals surface area contributed by atoms with Gasteiger partial charge in [-0.2, -0.15) is 0 Å². The first-order valence-electron chi connectivity index (χ1n) is 4.55. The van der Waals surface area contributed by atoms with Gasteiger partial charge in [0, 0.05) is 14.1 Å². The van der Waals surface area contributed by atoms with E-state index in [-0.39, 0.29) is 0 Å². The van der Waals surface area contributed by atoms with Gasteiger partial charge in [0.05, 0.1) is 0 Å². The van der Waals surface area contributed by atoms with Gasteiger partial charge < -0.3 is 0 Å². The van der Waals surface area contributed by atoms with E-state index in [1.807, 2.05) is 11.8 Å². The van der Waals surface area contributed by atoms with Crippen molar-refractivity contribution < 1.29 is 0 Å². The summed E-state index contributed by atoms with van der Waals surface area (Å²) in [5.74, 6) is 0. The summed E-state index contributed by atoms with van der Waals surface area (Å²) in [5, 5.41) is 0. The number of benzene rings is 1. The SMILES string of the molecule is CC1(C)CCc2cccc(Br)c2S1. The van der Waals surface area contributed by atoms with Crippen LogP contribution in [0.3, 0.4) is 0 Å². The van der Waals surface area contributed by atoms with Crippen molar-refractivity contribution in [1.29, 1.82) is 0 Å². The van der Waals surface area contributed by atoms with E-state index in [1.165, 1.54) is 27.8 Å². The van der Waals surface area contributed by atoms with E-state index in [1.54, 1.807) is 0 Å². The van der Waals surface area contributed by atoms with Crippen molar-refractivity contribution >= 4 is 27.7 Å². The summed E-state index contributed by atoms with van der Waals surface area (Å²) >= 11 is 5.61. The van der Waals surface area contributed by atoms with Crippen LogP contribution in [0.25, 0.3) is 0 Å². The molecule has 0 bridgehead atoms. The summed E-state index contributed by atoms with van der Waals surface area (Å²) in [6.45, 7) is 4.64. The number of thioether (sulfide) groups is 1. The Balaban J connectivity index is 2.44. The number of halogens is 1. The molecule has 1 aromatic carbocycles. The molecule has 0 saturated heterocycles. The van der Waals surface area contributed by atoms with E-state index in [0.29, 0.717) is 4.75 Å². The lowest BCUT2D eigenvalue weighted by Crippen LogP contribution is -2.20. The van der Waals surface area contributed by atoms with Crippen molar-refractivity contribution in [2.75, 3.05) is 0 Å². The highest BCUT2D eigenvalue weighted by Crippen LogP contribution is 2.45. The Bertz CT molecular complexity index is 331. The van der Waals surface area contributed by atoms with Gasteiger partial charge in [0.15, 0.2) is 0 Å². The van der Waals surface area contributed by atoms with Crippen molar-refractivity contribution in [2.24, 2.45) is 0 Å². The first kappa shape index (κ1) is 9.60. The maximum Gasteiger partial charge on any atom is 0.0314 e. The fourth-order valence-corrected chi connectivity index (χ4v) is 3.50. The lowest BCUT2D eigenvalue weighted by molar-refractivity contribution is 0.620. The largest absolute Gasteiger partial charge is 0.118 e. The molecule has 0 N–H and O–H groups in total. The van der Waals surface area contributed by atoms with Gasteiger partial charge in [-0.25, -0.2) is 0 Å². The van der Waals surface area contributed by atoms with Crippen LogP contribution in [0.1, 0.15) is 25.8 Å². The molecule has 1 aliphatic rings. The monoisotopic (exact) mass is 256 g/mol. The average Bonchev–Trinajstić information content (AvgIpc) is 2.06. The third-order valence-corrected chi connectivity index (χ3v) is 4.79. The van der Waals surface area contributed by atoms with Crippen LogP contribution in [0.2, 0.25) is 0 Å². The van der Waals surface area contributed by atoms with Crippen molar-refractivity contribution in [1.82, 2.24) is 0 Å². The molecule has 2 rings (SSSR count). The van der Waals surface area contributed by atoms with E-state index in [9.17, 15) is 0 Å². The number of fused-ring (bicyclic) bond motifs is 1. The van der Waals surface area contributed by atoms with Crippen molar-refractivity contribution in [3.8, 4) is 0 Å². The van der Waals surface area contributed by atoms with Gasteiger partial charge in [0.25, 0.3) is 0 Å². The molecule has 0 unspecified atom stereocenters. The second-order valence-electron chi connectivity index (χ2n) is 4.09. The molecule has 1 heterocycles. The van der Waals surface area contributed by atoms with Gasteiger partial charge in [-0.15, -0.1) is 11.8 Å². The second-order valence-corrected chi connectivity index (χ2v) is 6.66. The standard InChI is InChI=1S/C11H13BrS/c1-11(2)7-6-8-4-3-5-9(12)10(8)13-11/h3-5H,6-7H2,1-2H3. The Morgan fingerprint density at radius 3 is 2.92 bits per heavy atom. The van der Waals surface area contributed by atoms with Crippen LogP contribution in [-0.4, -0.2) is 4.75 Å². The van der Waals surface area contributed by atoms with Gasteiger partial charge >= 0.3 is 0 Å². The van der Waals surface area contributed by atoms with E-state index in [2.05, 4.69) is 48.0 Å². The van der Waals surface area contributed by atoms with E-state index >= 15 is 0 Å². The normalized spacial score (nSPS) is 19.6. The molecule has 0 atom stereocenters. The minimum absolute atomic E-state index is 0.400. The van der Waals surface area contributed by atoms with Crippen molar-refractivity contribution in [2.45, 2.75) is 36.3 Å². The molecule has 0 radical (unpaired) electrons. The van der Waals surface area contributed by atoms with Crippen LogP contribution >= 0.6 is 27.7 Å². The van der Waals surface area contributed by atoms with E-state index in [4.69, 9.17) is 0 Å². The van der Waals surface area contributed by atoms with Gasteiger partial charge in [-0.05, 0) is 40.4 Å². The molecule has 1 aromatic rings. The predicted octanol–water partition coefficient (Wildman–Crippen LogP) is 4.27. The third kappa shape index (κ3) is 1.94. The number of rotatable bonds is 0. The van der Waals surface area contributed by atoms with Gasteiger partial charge in [0.2, 0.25) is 0 Å². The molecule has 0 amide bonds. The van der Waals surface area contributed by atoms with Gasteiger partial charge in [0.1, 0.15) is 0 Å². The Kier molecular flexibility index (Phi) is 2.45. The van der Waals surface area contributed by atoms with Gasteiger partial charge in [-0.1, -0.05) is 26.0 Å². The Morgan fingerprint density at radius 1 is 1.38 bits per heavy atom. The van der Waals surface area contributed by atoms with Crippen molar-refractivity contribution in [3.05, 3.63) is 28.2 Å². The van der Waals surface area contributed by atoms with Crippen molar-refractivity contribution in [3.63, 3.8) is 0 Å². The predicted molar refractivity (Wildman–Crippen MR) is 62.4 cm³/mol. The lowest BCUT2D eigenvalue weighted by Gasteiger charge is -2.31. The maximum atomic E-state index is 3.61. The molecular weight excluding hydrogens is 244 g/mol. The molecule has 2 heteroatoms. The summed E-state index contributed by atoms with van der Waals surface area (Å²) in [4.78, 5) is 1.44. The van der Waals surface area contributed by atoms with Crippen LogP contribution in [0.5, 0.6) is 0 Å². The molecular formula is C11H13BrS. The van der Waals surface area contributed by atoms with Crippen LogP contribution in [0.15, 0.2) is 27.6 Å². The smallest absolute Gasteiger partial charge is 0.0314 e. The number of hydrogen-bond acceptors (Lipinski definition) is 1. The minimum Gasteiger partial charge on any atom is -0.118 e. The molecule has 0 spiro atoms. The zero-order chi connectivity index (χ0) is 9.47. The second kappa shape index (κ2) is 3.32. The van der Waals surface area contributed by atoms with Gasteiger partial charge in [-0.3, -0.25) is 0 Å².